The SMILES string of the molecule is CCc1sc([C@@H](C)NC(=O)N[C@@H](CC)CO)cc1C. The lowest BCUT2D eigenvalue weighted by Gasteiger charge is -2.17. The van der Waals surface area contributed by atoms with Gasteiger partial charge < -0.3 is 15.7 Å². The van der Waals surface area contributed by atoms with E-state index in [1.807, 2.05) is 13.8 Å². The van der Waals surface area contributed by atoms with Gasteiger partial charge in [0, 0.05) is 9.75 Å². The van der Waals surface area contributed by atoms with Crippen LogP contribution in [0.25, 0.3) is 0 Å². The van der Waals surface area contributed by atoms with Crippen LogP contribution in [0, 0.1) is 6.92 Å². The third-order valence-corrected chi connectivity index (χ3v) is 4.75. The molecule has 0 bridgehead atoms. The van der Waals surface area contributed by atoms with Gasteiger partial charge in [-0.25, -0.2) is 4.79 Å². The van der Waals surface area contributed by atoms with Gasteiger partial charge in [0.1, 0.15) is 0 Å². The molecule has 2 atom stereocenters. The Bertz CT molecular complexity index is 414. The zero-order chi connectivity index (χ0) is 14.4. The van der Waals surface area contributed by atoms with Crippen LogP contribution in [0.15, 0.2) is 6.07 Å². The molecule has 0 radical (unpaired) electrons. The summed E-state index contributed by atoms with van der Waals surface area (Å²) in [6.07, 6.45) is 1.74. The van der Waals surface area contributed by atoms with Crippen LogP contribution in [0.3, 0.4) is 0 Å². The summed E-state index contributed by atoms with van der Waals surface area (Å²) in [6.45, 7) is 8.12. The van der Waals surface area contributed by atoms with Crippen LogP contribution in [0.5, 0.6) is 0 Å². The number of hydrogen-bond donors (Lipinski definition) is 3. The highest BCUT2D eigenvalue weighted by Crippen LogP contribution is 2.27. The summed E-state index contributed by atoms with van der Waals surface area (Å²) in [5.41, 5.74) is 1.29. The second kappa shape index (κ2) is 7.50. The van der Waals surface area contributed by atoms with Crippen LogP contribution < -0.4 is 10.6 Å². The third kappa shape index (κ3) is 4.51. The van der Waals surface area contributed by atoms with Gasteiger partial charge in [-0.2, -0.15) is 0 Å². The van der Waals surface area contributed by atoms with Gasteiger partial charge in [0.05, 0.1) is 18.7 Å². The van der Waals surface area contributed by atoms with Crippen LogP contribution in [0.1, 0.15) is 48.6 Å². The number of aliphatic hydroxyl groups is 1. The van der Waals surface area contributed by atoms with Crippen LogP contribution in [-0.2, 0) is 6.42 Å². The van der Waals surface area contributed by atoms with Crippen LogP contribution >= 0.6 is 11.3 Å². The van der Waals surface area contributed by atoms with Crippen molar-refractivity contribution in [2.75, 3.05) is 6.61 Å². The topological polar surface area (TPSA) is 61.4 Å². The summed E-state index contributed by atoms with van der Waals surface area (Å²) in [4.78, 5) is 14.3. The molecule has 0 spiro atoms. The van der Waals surface area contributed by atoms with Crippen LogP contribution in [-0.4, -0.2) is 23.8 Å². The number of hydrogen-bond acceptors (Lipinski definition) is 3. The molecule has 108 valence electrons. The summed E-state index contributed by atoms with van der Waals surface area (Å²) in [5, 5.41) is 14.7. The number of aliphatic hydroxyl groups excluding tert-OH is 1. The molecule has 2 amide bonds. The van der Waals surface area contributed by atoms with Crippen molar-refractivity contribution in [2.45, 2.75) is 52.6 Å². The maximum absolute atomic E-state index is 11.8. The van der Waals surface area contributed by atoms with Crippen molar-refractivity contribution in [1.82, 2.24) is 10.6 Å². The predicted molar refractivity (Wildman–Crippen MR) is 79.7 cm³/mol. The molecule has 0 unspecified atom stereocenters. The molecule has 1 aromatic heterocycles. The molecule has 1 aromatic rings. The number of rotatable bonds is 6. The van der Waals surface area contributed by atoms with Crippen molar-refractivity contribution in [2.24, 2.45) is 0 Å². The minimum absolute atomic E-state index is 0.0137. The van der Waals surface area contributed by atoms with E-state index >= 15 is 0 Å². The van der Waals surface area contributed by atoms with E-state index in [1.54, 1.807) is 11.3 Å². The molecular formula is C14H24N2O2S. The largest absolute Gasteiger partial charge is 0.394 e. The van der Waals surface area contributed by atoms with Crippen molar-refractivity contribution < 1.29 is 9.90 Å². The number of urea groups is 1. The van der Waals surface area contributed by atoms with Crippen molar-refractivity contribution >= 4 is 17.4 Å². The fraction of sp³-hybridized carbons (Fsp3) is 0.643. The first-order chi connectivity index (χ1) is 9.01. The van der Waals surface area contributed by atoms with Crippen LogP contribution in [0.4, 0.5) is 4.79 Å². The minimum atomic E-state index is -0.225. The zero-order valence-electron chi connectivity index (χ0n) is 12.1. The monoisotopic (exact) mass is 284 g/mol. The van der Waals surface area contributed by atoms with Gasteiger partial charge in [-0.1, -0.05) is 13.8 Å². The average molecular weight is 284 g/mol. The molecule has 3 N–H and O–H groups in total. The van der Waals surface area contributed by atoms with Gasteiger partial charge in [0.15, 0.2) is 0 Å². The smallest absolute Gasteiger partial charge is 0.315 e. The van der Waals surface area contributed by atoms with Gasteiger partial charge in [-0.3, -0.25) is 0 Å². The normalized spacial score (nSPS) is 13.9. The number of aryl methyl sites for hydroxylation is 2. The highest BCUT2D eigenvalue weighted by Gasteiger charge is 2.15. The van der Waals surface area contributed by atoms with E-state index in [2.05, 4.69) is 30.5 Å². The molecule has 0 saturated heterocycles. The van der Waals surface area contributed by atoms with E-state index in [-0.39, 0.29) is 24.7 Å². The van der Waals surface area contributed by atoms with E-state index in [9.17, 15) is 4.79 Å². The standard InChI is InChI=1S/C14H24N2O2S/c1-5-11(8-17)16-14(18)15-10(4)13-7-9(3)12(6-2)19-13/h7,10-11,17H,5-6,8H2,1-4H3,(H2,15,16,18)/t10-,11+/m1/s1. The van der Waals surface area contributed by atoms with Gasteiger partial charge in [-0.15, -0.1) is 11.3 Å². The predicted octanol–water partition coefficient (Wildman–Crippen LogP) is 2.75. The summed E-state index contributed by atoms with van der Waals surface area (Å²) < 4.78 is 0. The van der Waals surface area contributed by atoms with Crippen molar-refractivity contribution in [1.29, 1.82) is 0 Å². The van der Waals surface area contributed by atoms with E-state index in [0.29, 0.717) is 0 Å². The second-order valence-corrected chi connectivity index (χ2v) is 5.90. The Balaban J connectivity index is 2.58. The van der Waals surface area contributed by atoms with E-state index in [0.717, 1.165) is 12.8 Å². The van der Waals surface area contributed by atoms with Crippen molar-refractivity contribution in [3.05, 3.63) is 21.4 Å². The Labute approximate surface area is 119 Å². The van der Waals surface area contributed by atoms with Crippen molar-refractivity contribution in [3.8, 4) is 0 Å². The minimum Gasteiger partial charge on any atom is -0.394 e. The molecule has 1 rings (SSSR count). The van der Waals surface area contributed by atoms with Gasteiger partial charge in [-0.05, 0) is 38.3 Å². The number of carbonyl (C=O) groups excluding carboxylic acids is 1. The molecule has 1 heterocycles. The Morgan fingerprint density at radius 2 is 2.11 bits per heavy atom. The third-order valence-electron chi connectivity index (χ3n) is 3.18. The first-order valence-corrected chi connectivity index (χ1v) is 7.60. The molecule has 0 aliphatic rings. The molecule has 0 aliphatic heterocycles. The van der Waals surface area contributed by atoms with E-state index in [4.69, 9.17) is 5.11 Å². The molecule has 19 heavy (non-hydrogen) atoms. The quantitative estimate of drug-likeness (QED) is 0.752. The number of carbonyl (C=O) groups is 1. The van der Waals surface area contributed by atoms with Gasteiger partial charge in [0.2, 0.25) is 0 Å². The lowest BCUT2D eigenvalue weighted by molar-refractivity contribution is 0.212. The maximum atomic E-state index is 11.8. The van der Waals surface area contributed by atoms with Gasteiger partial charge in [0.25, 0.3) is 0 Å². The van der Waals surface area contributed by atoms with E-state index < -0.39 is 0 Å². The number of thiophene rings is 1. The molecule has 5 heteroatoms. The second-order valence-electron chi connectivity index (χ2n) is 4.74. The summed E-state index contributed by atoms with van der Waals surface area (Å²) in [7, 11) is 0. The maximum Gasteiger partial charge on any atom is 0.315 e. The summed E-state index contributed by atoms with van der Waals surface area (Å²) in [5.74, 6) is 0. The molecule has 0 aliphatic carbocycles. The Kier molecular flexibility index (Phi) is 6.31. The fourth-order valence-corrected chi connectivity index (χ4v) is 3.00. The fourth-order valence-electron chi connectivity index (χ4n) is 1.88. The molecule has 4 nitrogen and oxygen atoms in total. The highest BCUT2D eigenvalue weighted by atomic mass is 32.1. The average Bonchev–Trinajstić information content (AvgIpc) is 2.77. The Hall–Kier alpha value is -1.07. The van der Waals surface area contributed by atoms with Gasteiger partial charge >= 0.3 is 6.03 Å². The molecule has 0 aromatic carbocycles. The Morgan fingerprint density at radius 1 is 1.42 bits per heavy atom. The number of amides is 2. The lowest BCUT2D eigenvalue weighted by atomic mass is 10.2. The zero-order valence-corrected chi connectivity index (χ0v) is 12.9. The molecule has 0 saturated carbocycles. The van der Waals surface area contributed by atoms with E-state index in [1.165, 1.54) is 15.3 Å². The first kappa shape index (κ1) is 16.0. The lowest BCUT2D eigenvalue weighted by Crippen LogP contribution is -2.44. The summed E-state index contributed by atoms with van der Waals surface area (Å²) in [6, 6.07) is 1.72. The first-order valence-electron chi connectivity index (χ1n) is 6.78. The Morgan fingerprint density at radius 3 is 2.58 bits per heavy atom. The van der Waals surface area contributed by atoms with Crippen molar-refractivity contribution in [3.63, 3.8) is 0 Å². The van der Waals surface area contributed by atoms with Crippen LogP contribution in [0.2, 0.25) is 0 Å². The molecule has 0 fully saturated rings. The number of nitrogens with one attached hydrogen (secondary N) is 2. The summed E-state index contributed by atoms with van der Waals surface area (Å²) >= 11 is 1.75. The molecular weight excluding hydrogens is 260 g/mol. The highest BCUT2D eigenvalue weighted by molar-refractivity contribution is 7.12.